The predicted octanol–water partition coefficient (Wildman–Crippen LogP) is 3.69. The first-order valence-electron chi connectivity index (χ1n) is 8.70. The zero-order valence-electron chi connectivity index (χ0n) is 12.8. The Morgan fingerprint density at radius 3 is 2.26 bits per heavy atom. The van der Waals surface area contributed by atoms with E-state index < -0.39 is 0 Å². The highest BCUT2D eigenvalue weighted by atomic mass is 15.3. The first-order chi connectivity index (χ1) is 9.24. The van der Waals surface area contributed by atoms with Crippen LogP contribution in [0.3, 0.4) is 0 Å². The quantitative estimate of drug-likeness (QED) is 0.842. The van der Waals surface area contributed by atoms with E-state index in [4.69, 9.17) is 5.73 Å². The van der Waals surface area contributed by atoms with E-state index in [2.05, 4.69) is 11.8 Å². The highest BCUT2D eigenvalue weighted by Crippen LogP contribution is 2.53. The summed E-state index contributed by atoms with van der Waals surface area (Å²) in [7, 11) is 0. The average molecular weight is 264 g/mol. The van der Waals surface area contributed by atoms with Crippen LogP contribution in [0.5, 0.6) is 0 Å². The molecule has 0 aromatic carbocycles. The molecule has 2 saturated carbocycles. The summed E-state index contributed by atoms with van der Waals surface area (Å²) in [4.78, 5) is 2.83. The maximum Gasteiger partial charge on any atom is 0.0335 e. The number of rotatable bonds is 3. The van der Waals surface area contributed by atoms with Crippen molar-refractivity contribution < 1.29 is 0 Å². The lowest BCUT2D eigenvalue weighted by Gasteiger charge is -2.51. The molecule has 2 nitrogen and oxygen atoms in total. The summed E-state index contributed by atoms with van der Waals surface area (Å²) in [6.45, 7) is 4.55. The van der Waals surface area contributed by atoms with Crippen molar-refractivity contribution in [3.05, 3.63) is 0 Å². The van der Waals surface area contributed by atoms with Crippen molar-refractivity contribution in [1.82, 2.24) is 4.90 Å². The van der Waals surface area contributed by atoms with Gasteiger partial charge in [0.05, 0.1) is 0 Å². The lowest BCUT2D eigenvalue weighted by molar-refractivity contribution is 0.00474. The molecule has 2 N–H and O–H groups in total. The minimum Gasteiger partial charge on any atom is -0.329 e. The number of likely N-dealkylation sites (tertiary alicyclic amines) is 1. The Kier molecular flexibility index (Phi) is 3.92. The molecule has 1 spiro atoms. The van der Waals surface area contributed by atoms with E-state index in [0.29, 0.717) is 5.54 Å². The number of nitrogens with two attached hydrogens (primary N) is 1. The Morgan fingerprint density at radius 1 is 1.00 bits per heavy atom. The fraction of sp³-hybridized carbons (Fsp3) is 1.00. The van der Waals surface area contributed by atoms with E-state index in [-0.39, 0.29) is 0 Å². The second-order valence-electron chi connectivity index (χ2n) is 7.53. The largest absolute Gasteiger partial charge is 0.329 e. The topological polar surface area (TPSA) is 29.3 Å². The van der Waals surface area contributed by atoms with Gasteiger partial charge in [0.2, 0.25) is 0 Å². The molecule has 0 aromatic rings. The third kappa shape index (κ3) is 2.35. The monoisotopic (exact) mass is 264 g/mol. The number of hydrogen-bond donors (Lipinski definition) is 1. The van der Waals surface area contributed by atoms with Crippen molar-refractivity contribution in [2.75, 3.05) is 13.1 Å². The van der Waals surface area contributed by atoms with Crippen LogP contribution < -0.4 is 5.73 Å². The standard InChI is InChI=1S/C17H32N2/c1-2-15-6-5-13-19(15)17(14-18)11-9-16(10-12-17)7-3-4-8-16/h15H,2-14,18H2,1H3. The van der Waals surface area contributed by atoms with E-state index >= 15 is 0 Å². The highest BCUT2D eigenvalue weighted by Gasteiger charge is 2.48. The number of hydrogen-bond acceptors (Lipinski definition) is 2. The van der Waals surface area contributed by atoms with Gasteiger partial charge in [-0.2, -0.15) is 0 Å². The molecule has 0 aromatic heterocycles. The molecule has 1 atom stereocenters. The molecule has 3 fully saturated rings. The van der Waals surface area contributed by atoms with Crippen LogP contribution in [0.25, 0.3) is 0 Å². The van der Waals surface area contributed by atoms with Crippen LogP contribution in [0, 0.1) is 5.41 Å². The van der Waals surface area contributed by atoms with Crippen molar-refractivity contribution in [2.45, 2.75) is 89.1 Å². The second-order valence-corrected chi connectivity index (χ2v) is 7.53. The zero-order valence-corrected chi connectivity index (χ0v) is 12.8. The van der Waals surface area contributed by atoms with Gasteiger partial charge in [0.1, 0.15) is 0 Å². The Hall–Kier alpha value is -0.0800. The van der Waals surface area contributed by atoms with Crippen molar-refractivity contribution in [3.63, 3.8) is 0 Å². The normalized spacial score (nSPS) is 34.1. The molecule has 0 radical (unpaired) electrons. The first kappa shape index (κ1) is 13.9. The maximum atomic E-state index is 6.28. The fourth-order valence-corrected chi connectivity index (χ4v) is 5.36. The summed E-state index contributed by atoms with van der Waals surface area (Å²) in [5.74, 6) is 0. The van der Waals surface area contributed by atoms with Gasteiger partial charge < -0.3 is 5.73 Å². The van der Waals surface area contributed by atoms with Crippen molar-refractivity contribution in [1.29, 1.82) is 0 Å². The molecule has 2 heteroatoms. The summed E-state index contributed by atoms with van der Waals surface area (Å²) < 4.78 is 0. The molecule has 0 bridgehead atoms. The molecule has 1 heterocycles. The third-order valence-electron chi connectivity index (χ3n) is 6.74. The van der Waals surface area contributed by atoms with Crippen LogP contribution in [0.4, 0.5) is 0 Å². The molecule has 1 saturated heterocycles. The summed E-state index contributed by atoms with van der Waals surface area (Å²) >= 11 is 0. The van der Waals surface area contributed by atoms with E-state index in [1.807, 2.05) is 0 Å². The smallest absolute Gasteiger partial charge is 0.0335 e. The second kappa shape index (κ2) is 5.37. The van der Waals surface area contributed by atoms with E-state index in [1.54, 1.807) is 0 Å². The SMILES string of the molecule is CCC1CCCN1C1(CN)CCC2(CCCC2)CC1. The summed E-state index contributed by atoms with van der Waals surface area (Å²) in [6.07, 6.45) is 15.7. The molecule has 3 rings (SSSR count). The molecule has 1 unspecified atom stereocenters. The van der Waals surface area contributed by atoms with Gasteiger partial charge in [0, 0.05) is 18.1 Å². The van der Waals surface area contributed by atoms with Gasteiger partial charge in [-0.3, -0.25) is 4.90 Å². The molecule has 110 valence electrons. The Morgan fingerprint density at radius 2 is 1.68 bits per heavy atom. The Labute approximate surface area is 119 Å². The summed E-state index contributed by atoms with van der Waals surface area (Å²) in [5.41, 5.74) is 7.38. The van der Waals surface area contributed by atoms with E-state index in [0.717, 1.165) is 18.0 Å². The van der Waals surface area contributed by atoms with Crippen LogP contribution in [-0.4, -0.2) is 29.6 Å². The molecule has 2 aliphatic carbocycles. The minimum absolute atomic E-state index is 0.366. The van der Waals surface area contributed by atoms with Crippen LogP contribution in [0.15, 0.2) is 0 Å². The first-order valence-corrected chi connectivity index (χ1v) is 8.70. The molecular formula is C17H32N2. The van der Waals surface area contributed by atoms with Crippen LogP contribution in [-0.2, 0) is 0 Å². The minimum atomic E-state index is 0.366. The Bertz CT molecular complexity index is 296. The van der Waals surface area contributed by atoms with Gasteiger partial charge in [0.15, 0.2) is 0 Å². The lowest BCUT2D eigenvalue weighted by atomic mass is 9.65. The van der Waals surface area contributed by atoms with E-state index in [1.165, 1.54) is 77.2 Å². The predicted molar refractivity (Wildman–Crippen MR) is 81.2 cm³/mol. The van der Waals surface area contributed by atoms with Gasteiger partial charge in [-0.1, -0.05) is 19.8 Å². The van der Waals surface area contributed by atoms with Gasteiger partial charge in [-0.15, -0.1) is 0 Å². The van der Waals surface area contributed by atoms with Crippen LogP contribution in [0.1, 0.15) is 77.6 Å². The summed E-state index contributed by atoms with van der Waals surface area (Å²) in [6, 6.07) is 0.821. The molecular weight excluding hydrogens is 232 g/mol. The highest BCUT2D eigenvalue weighted by molar-refractivity contribution is 5.04. The van der Waals surface area contributed by atoms with Gasteiger partial charge >= 0.3 is 0 Å². The van der Waals surface area contributed by atoms with Crippen molar-refractivity contribution >= 4 is 0 Å². The Balaban J connectivity index is 1.71. The maximum absolute atomic E-state index is 6.28. The van der Waals surface area contributed by atoms with Crippen LogP contribution >= 0.6 is 0 Å². The third-order valence-corrected chi connectivity index (χ3v) is 6.74. The number of nitrogens with zero attached hydrogens (tertiary/aromatic N) is 1. The van der Waals surface area contributed by atoms with Gasteiger partial charge in [-0.05, 0) is 69.7 Å². The fourth-order valence-electron chi connectivity index (χ4n) is 5.36. The zero-order chi connectivity index (χ0) is 13.3. The lowest BCUT2D eigenvalue weighted by Crippen LogP contribution is -2.58. The molecule has 1 aliphatic heterocycles. The average Bonchev–Trinajstić information content (AvgIpc) is 3.10. The molecule has 3 aliphatic rings. The van der Waals surface area contributed by atoms with Gasteiger partial charge in [-0.25, -0.2) is 0 Å². The van der Waals surface area contributed by atoms with Crippen LogP contribution in [0.2, 0.25) is 0 Å². The molecule has 19 heavy (non-hydrogen) atoms. The van der Waals surface area contributed by atoms with Gasteiger partial charge in [0.25, 0.3) is 0 Å². The van der Waals surface area contributed by atoms with Crippen molar-refractivity contribution in [3.8, 4) is 0 Å². The van der Waals surface area contributed by atoms with Crippen molar-refractivity contribution in [2.24, 2.45) is 11.1 Å². The van der Waals surface area contributed by atoms with E-state index in [9.17, 15) is 0 Å². The summed E-state index contributed by atoms with van der Waals surface area (Å²) in [5, 5.41) is 0. The molecule has 0 amide bonds.